The Morgan fingerprint density at radius 2 is 2.21 bits per heavy atom. The van der Waals surface area contributed by atoms with Crippen LogP contribution in [-0.2, 0) is 4.79 Å². The largest absolute Gasteiger partial charge is 0.396 e. The van der Waals surface area contributed by atoms with Crippen molar-refractivity contribution in [2.75, 3.05) is 13.2 Å². The molecule has 0 bridgehead atoms. The van der Waals surface area contributed by atoms with Gasteiger partial charge in [0.15, 0.2) is 0 Å². The molecule has 1 aromatic heterocycles. The van der Waals surface area contributed by atoms with Crippen molar-refractivity contribution in [3.05, 3.63) is 18.5 Å². The van der Waals surface area contributed by atoms with Crippen LogP contribution in [-0.4, -0.2) is 33.9 Å². The van der Waals surface area contributed by atoms with Gasteiger partial charge in [-0.05, 0) is 25.8 Å². The van der Waals surface area contributed by atoms with Crippen molar-refractivity contribution in [1.82, 2.24) is 15.1 Å². The Morgan fingerprint density at radius 3 is 2.79 bits per heavy atom. The zero-order valence-corrected chi connectivity index (χ0v) is 11.5. The monoisotopic (exact) mass is 265 g/mol. The molecular formula is C14H23N3O2. The molecule has 2 rings (SSSR count). The summed E-state index contributed by atoms with van der Waals surface area (Å²) >= 11 is 0. The van der Waals surface area contributed by atoms with Crippen LogP contribution in [0.5, 0.6) is 0 Å². The van der Waals surface area contributed by atoms with Crippen LogP contribution in [0.15, 0.2) is 18.5 Å². The van der Waals surface area contributed by atoms with Crippen LogP contribution in [0, 0.1) is 5.41 Å². The van der Waals surface area contributed by atoms with Crippen molar-refractivity contribution in [1.29, 1.82) is 0 Å². The van der Waals surface area contributed by atoms with Crippen LogP contribution >= 0.6 is 0 Å². The normalized spacial score (nSPS) is 19.9. The second-order valence-corrected chi connectivity index (χ2v) is 5.60. The number of hydrogen-bond acceptors (Lipinski definition) is 3. The van der Waals surface area contributed by atoms with Crippen LogP contribution in [0.25, 0.3) is 0 Å². The molecule has 1 aromatic rings. The van der Waals surface area contributed by atoms with Crippen molar-refractivity contribution in [2.24, 2.45) is 5.41 Å². The molecule has 5 nitrogen and oxygen atoms in total. The summed E-state index contributed by atoms with van der Waals surface area (Å²) in [7, 11) is 0. The van der Waals surface area contributed by atoms with Gasteiger partial charge in [0.2, 0.25) is 5.91 Å². The van der Waals surface area contributed by atoms with Crippen molar-refractivity contribution in [3.8, 4) is 0 Å². The number of amides is 1. The van der Waals surface area contributed by atoms with E-state index in [1.54, 1.807) is 23.1 Å². The zero-order valence-electron chi connectivity index (χ0n) is 11.5. The molecule has 1 amide bonds. The fourth-order valence-corrected chi connectivity index (χ4v) is 2.74. The topological polar surface area (TPSA) is 67.2 Å². The molecular weight excluding hydrogens is 242 g/mol. The van der Waals surface area contributed by atoms with E-state index in [0.29, 0.717) is 6.54 Å². The minimum atomic E-state index is -0.311. The number of aromatic nitrogens is 2. The van der Waals surface area contributed by atoms with Gasteiger partial charge in [0.05, 0.1) is 6.61 Å². The standard InChI is InChI=1S/C14H23N3O2/c1-12(17-9-5-8-16-17)13(19)15-10-14(11-18)6-3-2-4-7-14/h5,8-9,12,18H,2-4,6-7,10-11H2,1H3,(H,15,19). The third-order valence-electron chi connectivity index (χ3n) is 4.19. The highest BCUT2D eigenvalue weighted by atomic mass is 16.3. The number of rotatable bonds is 5. The second-order valence-electron chi connectivity index (χ2n) is 5.60. The number of hydrogen-bond donors (Lipinski definition) is 2. The van der Waals surface area contributed by atoms with Crippen LogP contribution in [0.1, 0.15) is 45.1 Å². The second kappa shape index (κ2) is 6.19. The summed E-state index contributed by atoms with van der Waals surface area (Å²) in [5.74, 6) is -0.0397. The maximum Gasteiger partial charge on any atom is 0.244 e. The van der Waals surface area contributed by atoms with Crippen molar-refractivity contribution in [2.45, 2.75) is 45.1 Å². The molecule has 0 aromatic carbocycles. The Labute approximate surface area is 114 Å². The minimum absolute atomic E-state index is 0.0397. The zero-order chi connectivity index (χ0) is 13.7. The van der Waals surface area contributed by atoms with Gasteiger partial charge in [-0.1, -0.05) is 19.3 Å². The summed E-state index contributed by atoms with van der Waals surface area (Å²) in [6.07, 6.45) is 8.97. The highest BCUT2D eigenvalue weighted by Gasteiger charge is 2.32. The lowest BCUT2D eigenvalue weighted by molar-refractivity contribution is -0.125. The third-order valence-corrected chi connectivity index (χ3v) is 4.19. The third kappa shape index (κ3) is 3.35. The lowest BCUT2D eigenvalue weighted by Crippen LogP contribution is -2.43. The summed E-state index contributed by atoms with van der Waals surface area (Å²) in [4.78, 5) is 12.1. The van der Waals surface area contributed by atoms with Gasteiger partial charge < -0.3 is 10.4 Å². The Morgan fingerprint density at radius 1 is 1.47 bits per heavy atom. The Hall–Kier alpha value is -1.36. The van der Waals surface area contributed by atoms with E-state index < -0.39 is 0 Å². The lowest BCUT2D eigenvalue weighted by Gasteiger charge is -2.35. The van der Waals surface area contributed by atoms with Gasteiger partial charge in [0, 0.05) is 24.4 Å². The van der Waals surface area contributed by atoms with Crippen LogP contribution in [0.2, 0.25) is 0 Å². The van der Waals surface area contributed by atoms with Gasteiger partial charge in [0.1, 0.15) is 6.04 Å². The molecule has 1 atom stereocenters. The smallest absolute Gasteiger partial charge is 0.244 e. The fourth-order valence-electron chi connectivity index (χ4n) is 2.74. The maximum atomic E-state index is 12.1. The van der Waals surface area contributed by atoms with Gasteiger partial charge in [-0.2, -0.15) is 5.10 Å². The Kier molecular flexibility index (Phi) is 4.58. The predicted molar refractivity (Wildman–Crippen MR) is 72.6 cm³/mol. The summed E-state index contributed by atoms with van der Waals surface area (Å²) < 4.78 is 1.64. The number of nitrogens with one attached hydrogen (secondary N) is 1. The molecule has 1 unspecified atom stereocenters. The average molecular weight is 265 g/mol. The number of carbonyl (C=O) groups is 1. The molecule has 1 aliphatic rings. The number of aliphatic hydroxyl groups is 1. The van der Waals surface area contributed by atoms with Crippen LogP contribution in [0.4, 0.5) is 0 Å². The molecule has 0 radical (unpaired) electrons. The number of nitrogens with zero attached hydrogens (tertiary/aromatic N) is 2. The van der Waals surface area contributed by atoms with Gasteiger partial charge in [0.25, 0.3) is 0 Å². The maximum absolute atomic E-state index is 12.1. The first kappa shape index (κ1) is 14.1. The van der Waals surface area contributed by atoms with E-state index >= 15 is 0 Å². The molecule has 1 aliphatic carbocycles. The first-order valence-corrected chi connectivity index (χ1v) is 7.05. The summed E-state index contributed by atoms with van der Waals surface area (Å²) in [6, 6.07) is 1.49. The molecule has 0 aliphatic heterocycles. The summed E-state index contributed by atoms with van der Waals surface area (Å²) in [5, 5.41) is 16.7. The van der Waals surface area contributed by atoms with E-state index in [9.17, 15) is 9.90 Å². The SMILES string of the molecule is CC(C(=O)NCC1(CO)CCCCC1)n1cccn1. The molecule has 106 valence electrons. The van der Waals surface area contributed by atoms with E-state index in [1.807, 2.05) is 6.92 Å². The summed E-state index contributed by atoms with van der Waals surface area (Å²) in [6.45, 7) is 2.55. The molecule has 1 fully saturated rings. The Bertz CT molecular complexity index is 397. The predicted octanol–water partition coefficient (Wildman–Crippen LogP) is 1.50. The molecule has 2 N–H and O–H groups in total. The van der Waals surface area contributed by atoms with E-state index in [-0.39, 0.29) is 24.0 Å². The molecule has 0 saturated heterocycles. The van der Waals surface area contributed by atoms with E-state index in [1.165, 1.54) is 6.42 Å². The number of carbonyl (C=O) groups excluding carboxylic acids is 1. The van der Waals surface area contributed by atoms with Crippen molar-refractivity contribution < 1.29 is 9.90 Å². The Balaban J connectivity index is 1.88. The molecule has 1 saturated carbocycles. The van der Waals surface area contributed by atoms with Crippen LogP contribution < -0.4 is 5.32 Å². The van der Waals surface area contributed by atoms with Gasteiger partial charge in [-0.3, -0.25) is 9.48 Å². The fraction of sp³-hybridized carbons (Fsp3) is 0.714. The average Bonchev–Trinajstić information content (AvgIpc) is 2.99. The van der Waals surface area contributed by atoms with Gasteiger partial charge in [-0.25, -0.2) is 0 Å². The molecule has 0 spiro atoms. The van der Waals surface area contributed by atoms with Gasteiger partial charge in [-0.15, -0.1) is 0 Å². The van der Waals surface area contributed by atoms with E-state index in [0.717, 1.165) is 25.7 Å². The highest BCUT2D eigenvalue weighted by molar-refractivity contribution is 5.79. The first-order valence-electron chi connectivity index (χ1n) is 7.05. The van der Waals surface area contributed by atoms with Gasteiger partial charge >= 0.3 is 0 Å². The highest BCUT2D eigenvalue weighted by Crippen LogP contribution is 2.35. The lowest BCUT2D eigenvalue weighted by atomic mass is 9.74. The molecule has 19 heavy (non-hydrogen) atoms. The van der Waals surface area contributed by atoms with Crippen LogP contribution in [0.3, 0.4) is 0 Å². The number of aliphatic hydroxyl groups excluding tert-OH is 1. The molecule has 1 heterocycles. The summed E-state index contributed by atoms with van der Waals surface area (Å²) in [5.41, 5.74) is -0.113. The van der Waals surface area contributed by atoms with Crippen molar-refractivity contribution in [3.63, 3.8) is 0 Å². The quantitative estimate of drug-likeness (QED) is 0.848. The minimum Gasteiger partial charge on any atom is -0.396 e. The van der Waals surface area contributed by atoms with E-state index in [2.05, 4.69) is 10.4 Å². The van der Waals surface area contributed by atoms with E-state index in [4.69, 9.17) is 0 Å². The van der Waals surface area contributed by atoms with Crippen molar-refractivity contribution >= 4 is 5.91 Å². The molecule has 5 heteroatoms. The first-order chi connectivity index (χ1) is 9.17.